The first-order chi connectivity index (χ1) is 4.34. The highest BCUT2D eigenvalue weighted by Gasteiger charge is 2.02. The van der Waals surface area contributed by atoms with E-state index in [-0.39, 0.29) is 0 Å². The predicted molar refractivity (Wildman–Crippen MR) is 34.6 cm³/mol. The standard InChI is InChI=1S/C6H7N3/c1-6-2-3-8-5-9(6)4-7/h2-3H,5H2,1H3. The van der Waals surface area contributed by atoms with Crippen molar-refractivity contribution in [3.05, 3.63) is 11.8 Å². The normalized spacial score (nSPS) is 16.9. The summed E-state index contributed by atoms with van der Waals surface area (Å²) < 4.78 is 0. The Morgan fingerprint density at radius 3 is 3.11 bits per heavy atom. The van der Waals surface area contributed by atoms with Gasteiger partial charge in [-0.25, -0.2) is 0 Å². The molecule has 0 saturated heterocycles. The summed E-state index contributed by atoms with van der Waals surface area (Å²) in [5, 5.41) is 8.42. The van der Waals surface area contributed by atoms with E-state index in [1.54, 1.807) is 6.21 Å². The minimum atomic E-state index is 0.471. The molecule has 0 amide bonds. The molecule has 1 aliphatic rings. The maximum absolute atomic E-state index is 8.42. The van der Waals surface area contributed by atoms with Gasteiger partial charge in [-0.3, -0.25) is 9.89 Å². The number of hydrogen-bond donors (Lipinski definition) is 0. The van der Waals surface area contributed by atoms with E-state index in [2.05, 4.69) is 4.99 Å². The summed E-state index contributed by atoms with van der Waals surface area (Å²) in [6.07, 6.45) is 5.53. The molecule has 0 aliphatic carbocycles. The van der Waals surface area contributed by atoms with Crippen LogP contribution in [0.4, 0.5) is 0 Å². The van der Waals surface area contributed by atoms with Crippen LogP contribution in [0, 0.1) is 11.5 Å². The smallest absolute Gasteiger partial charge is 0.185 e. The Labute approximate surface area is 53.9 Å². The molecule has 9 heavy (non-hydrogen) atoms. The second-order valence-corrected chi connectivity index (χ2v) is 1.81. The van der Waals surface area contributed by atoms with Gasteiger partial charge in [0.1, 0.15) is 6.67 Å². The quantitative estimate of drug-likeness (QED) is 0.443. The molecule has 0 atom stereocenters. The van der Waals surface area contributed by atoms with Crippen molar-refractivity contribution in [3.63, 3.8) is 0 Å². The van der Waals surface area contributed by atoms with Gasteiger partial charge in [-0.15, -0.1) is 0 Å². The Balaban J connectivity index is 2.73. The Kier molecular flexibility index (Phi) is 1.50. The zero-order valence-electron chi connectivity index (χ0n) is 5.20. The largest absolute Gasteiger partial charge is 0.271 e. The zero-order chi connectivity index (χ0) is 6.69. The van der Waals surface area contributed by atoms with Gasteiger partial charge >= 0.3 is 0 Å². The Bertz CT molecular complexity index is 197. The molecule has 0 spiro atoms. The monoisotopic (exact) mass is 121 g/mol. The molecule has 0 saturated carbocycles. The topological polar surface area (TPSA) is 39.4 Å². The van der Waals surface area contributed by atoms with E-state index in [1.165, 1.54) is 4.90 Å². The molecule has 0 radical (unpaired) electrons. The summed E-state index contributed by atoms with van der Waals surface area (Å²) in [6.45, 7) is 2.35. The molecule has 0 aromatic carbocycles. The van der Waals surface area contributed by atoms with Gasteiger partial charge in [-0.1, -0.05) is 0 Å². The third-order valence-electron chi connectivity index (χ3n) is 1.19. The van der Waals surface area contributed by atoms with Gasteiger partial charge in [0.2, 0.25) is 0 Å². The van der Waals surface area contributed by atoms with Crippen molar-refractivity contribution >= 4 is 6.21 Å². The minimum absolute atomic E-state index is 0.471. The van der Waals surface area contributed by atoms with Gasteiger partial charge in [-0.2, -0.15) is 5.26 Å². The third kappa shape index (κ3) is 1.08. The van der Waals surface area contributed by atoms with Crippen molar-refractivity contribution in [3.8, 4) is 6.19 Å². The summed E-state index contributed by atoms with van der Waals surface area (Å²) in [5.74, 6) is 0. The van der Waals surface area contributed by atoms with E-state index in [0.717, 1.165) is 5.70 Å². The average Bonchev–Trinajstić information content (AvgIpc) is 1.89. The lowest BCUT2D eigenvalue weighted by atomic mass is 10.4. The number of nitrogens with zero attached hydrogens (tertiary/aromatic N) is 3. The Morgan fingerprint density at radius 1 is 1.89 bits per heavy atom. The van der Waals surface area contributed by atoms with Crippen LogP contribution >= 0.6 is 0 Å². The van der Waals surface area contributed by atoms with Crippen molar-refractivity contribution in [1.82, 2.24) is 4.90 Å². The molecule has 1 aliphatic heterocycles. The van der Waals surface area contributed by atoms with Crippen molar-refractivity contribution in [2.45, 2.75) is 6.92 Å². The highest BCUT2D eigenvalue weighted by atomic mass is 15.2. The molecule has 46 valence electrons. The van der Waals surface area contributed by atoms with Crippen LogP contribution in [0.25, 0.3) is 0 Å². The molecule has 0 aromatic rings. The summed E-state index contributed by atoms with van der Waals surface area (Å²) in [7, 11) is 0. The highest BCUT2D eigenvalue weighted by Crippen LogP contribution is 2.03. The maximum Gasteiger partial charge on any atom is 0.185 e. The lowest BCUT2D eigenvalue weighted by Gasteiger charge is -2.14. The van der Waals surface area contributed by atoms with Crippen LogP contribution in [0.3, 0.4) is 0 Å². The third-order valence-corrected chi connectivity index (χ3v) is 1.19. The van der Waals surface area contributed by atoms with Crippen LogP contribution in [0.2, 0.25) is 0 Å². The molecule has 3 nitrogen and oxygen atoms in total. The van der Waals surface area contributed by atoms with E-state index in [1.807, 2.05) is 19.2 Å². The van der Waals surface area contributed by atoms with E-state index in [4.69, 9.17) is 5.26 Å². The molecular weight excluding hydrogens is 114 g/mol. The molecule has 3 heteroatoms. The number of hydrogen-bond acceptors (Lipinski definition) is 3. The van der Waals surface area contributed by atoms with E-state index < -0.39 is 0 Å². The van der Waals surface area contributed by atoms with Crippen molar-refractivity contribution in [1.29, 1.82) is 5.26 Å². The highest BCUT2D eigenvalue weighted by molar-refractivity contribution is 5.72. The van der Waals surface area contributed by atoms with Crippen LogP contribution in [0.1, 0.15) is 6.92 Å². The SMILES string of the molecule is CC1=CC=NCN1C#N. The Morgan fingerprint density at radius 2 is 2.67 bits per heavy atom. The van der Waals surface area contributed by atoms with Crippen LogP contribution < -0.4 is 0 Å². The molecule has 0 bridgehead atoms. The summed E-state index contributed by atoms with van der Waals surface area (Å²) in [6, 6.07) is 0. The number of nitriles is 1. The van der Waals surface area contributed by atoms with Crippen LogP contribution in [0.15, 0.2) is 16.8 Å². The van der Waals surface area contributed by atoms with Gasteiger partial charge < -0.3 is 0 Å². The molecule has 0 fully saturated rings. The van der Waals surface area contributed by atoms with Gasteiger partial charge in [0.25, 0.3) is 0 Å². The summed E-state index contributed by atoms with van der Waals surface area (Å²) >= 11 is 0. The van der Waals surface area contributed by atoms with Gasteiger partial charge in [0.15, 0.2) is 6.19 Å². The summed E-state index contributed by atoms with van der Waals surface area (Å²) in [5.41, 5.74) is 0.951. The minimum Gasteiger partial charge on any atom is -0.271 e. The van der Waals surface area contributed by atoms with E-state index in [9.17, 15) is 0 Å². The van der Waals surface area contributed by atoms with Crippen LogP contribution in [0.5, 0.6) is 0 Å². The molecule has 0 unspecified atom stereocenters. The number of allylic oxidation sites excluding steroid dienone is 2. The fourth-order valence-corrected chi connectivity index (χ4v) is 0.601. The van der Waals surface area contributed by atoms with Gasteiger partial charge in [0, 0.05) is 11.9 Å². The number of aliphatic imine (C=N–C) groups is 1. The van der Waals surface area contributed by atoms with E-state index >= 15 is 0 Å². The van der Waals surface area contributed by atoms with Crippen molar-refractivity contribution in [2.24, 2.45) is 4.99 Å². The van der Waals surface area contributed by atoms with Crippen molar-refractivity contribution < 1.29 is 0 Å². The fourth-order valence-electron chi connectivity index (χ4n) is 0.601. The molecule has 0 N–H and O–H groups in total. The first-order valence-corrected chi connectivity index (χ1v) is 2.68. The van der Waals surface area contributed by atoms with Gasteiger partial charge in [0.05, 0.1) is 0 Å². The van der Waals surface area contributed by atoms with Crippen LogP contribution in [-0.4, -0.2) is 17.8 Å². The van der Waals surface area contributed by atoms with E-state index in [0.29, 0.717) is 6.67 Å². The zero-order valence-corrected chi connectivity index (χ0v) is 5.20. The first-order valence-electron chi connectivity index (χ1n) is 2.68. The lowest BCUT2D eigenvalue weighted by Crippen LogP contribution is -2.17. The maximum atomic E-state index is 8.42. The fraction of sp³-hybridized carbons (Fsp3) is 0.333. The molecule has 1 heterocycles. The summed E-state index contributed by atoms with van der Waals surface area (Å²) in [4.78, 5) is 5.41. The number of rotatable bonds is 0. The molecular formula is C6H7N3. The van der Waals surface area contributed by atoms with Gasteiger partial charge in [-0.05, 0) is 13.0 Å². The van der Waals surface area contributed by atoms with Crippen LogP contribution in [-0.2, 0) is 0 Å². The second-order valence-electron chi connectivity index (χ2n) is 1.81. The lowest BCUT2D eigenvalue weighted by molar-refractivity contribution is 0.496. The molecule has 0 aromatic heterocycles. The second kappa shape index (κ2) is 2.31. The predicted octanol–water partition coefficient (Wildman–Crippen LogP) is 0.715. The average molecular weight is 121 g/mol. The van der Waals surface area contributed by atoms with Crippen molar-refractivity contribution in [2.75, 3.05) is 6.67 Å². The molecule has 1 rings (SSSR count). The first kappa shape index (κ1) is 5.83. The Hall–Kier alpha value is -1.30.